The van der Waals surface area contributed by atoms with E-state index in [9.17, 15) is 4.79 Å². The van der Waals surface area contributed by atoms with Crippen molar-refractivity contribution in [3.05, 3.63) is 35.4 Å². The van der Waals surface area contributed by atoms with Crippen molar-refractivity contribution in [1.29, 1.82) is 0 Å². The molecule has 0 bridgehead atoms. The summed E-state index contributed by atoms with van der Waals surface area (Å²) in [7, 11) is 0. The van der Waals surface area contributed by atoms with Crippen LogP contribution in [0.5, 0.6) is 0 Å². The molecular formula is C15H20N2OS2. The van der Waals surface area contributed by atoms with E-state index < -0.39 is 0 Å². The van der Waals surface area contributed by atoms with Crippen LogP contribution in [0.2, 0.25) is 0 Å². The standard InChI is InChI=1S/C15H20N2OS2/c1-15(2)10-17(7-8-20-15)13(18)9-11-3-5-12(6-4-11)14(16)19/h3-6H,7-10H2,1-2H3,(H2,16,19). The van der Waals surface area contributed by atoms with Gasteiger partial charge in [-0.2, -0.15) is 11.8 Å². The molecule has 1 saturated heterocycles. The summed E-state index contributed by atoms with van der Waals surface area (Å²) in [4.78, 5) is 14.7. The average Bonchev–Trinajstić information content (AvgIpc) is 2.38. The molecule has 108 valence electrons. The molecular weight excluding hydrogens is 288 g/mol. The van der Waals surface area contributed by atoms with Gasteiger partial charge in [0.25, 0.3) is 0 Å². The van der Waals surface area contributed by atoms with Crippen LogP contribution in [0.4, 0.5) is 0 Å². The molecule has 5 heteroatoms. The van der Waals surface area contributed by atoms with E-state index in [2.05, 4.69) is 13.8 Å². The topological polar surface area (TPSA) is 46.3 Å². The Morgan fingerprint density at radius 2 is 2.05 bits per heavy atom. The zero-order valence-electron chi connectivity index (χ0n) is 11.9. The average molecular weight is 308 g/mol. The van der Waals surface area contributed by atoms with Crippen molar-refractivity contribution < 1.29 is 4.79 Å². The first-order valence-electron chi connectivity index (χ1n) is 6.68. The van der Waals surface area contributed by atoms with E-state index in [1.165, 1.54) is 0 Å². The first-order valence-corrected chi connectivity index (χ1v) is 8.07. The molecule has 1 aliphatic heterocycles. The summed E-state index contributed by atoms with van der Waals surface area (Å²) in [5.41, 5.74) is 7.41. The third kappa shape index (κ3) is 3.96. The molecule has 1 aromatic rings. The lowest BCUT2D eigenvalue weighted by molar-refractivity contribution is -0.130. The van der Waals surface area contributed by atoms with Gasteiger partial charge in [-0.1, -0.05) is 36.5 Å². The Hall–Kier alpha value is -1.07. The number of hydrogen-bond acceptors (Lipinski definition) is 3. The van der Waals surface area contributed by atoms with Crippen LogP contribution < -0.4 is 5.73 Å². The molecule has 1 aromatic carbocycles. The highest BCUT2D eigenvalue weighted by Crippen LogP contribution is 2.29. The highest BCUT2D eigenvalue weighted by atomic mass is 32.2. The molecule has 3 nitrogen and oxygen atoms in total. The van der Waals surface area contributed by atoms with Crippen molar-refractivity contribution in [2.75, 3.05) is 18.8 Å². The first kappa shape index (κ1) is 15.3. The Bertz CT molecular complexity index is 511. The summed E-state index contributed by atoms with van der Waals surface area (Å²) in [6.45, 7) is 6.04. The van der Waals surface area contributed by atoms with Gasteiger partial charge in [-0.15, -0.1) is 0 Å². The van der Waals surface area contributed by atoms with Gasteiger partial charge in [0.2, 0.25) is 5.91 Å². The highest BCUT2D eigenvalue weighted by molar-refractivity contribution is 8.00. The van der Waals surface area contributed by atoms with Gasteiger partial charge in [-0.25, -0.2) is 0 Å². The Morgan fingerprint density at radius 1 is 1.40 bits per heavy atom. The summed E-state index contributed by atoms with van der Waals surface area (Å²) in [5.74, 6) is 1.21. The molecule has 0 saturated carbocycles. The number of carbonyl (C=O) groups is 1. The predicted octanol–water partition coefficient (Wildman–Crippen LogP) is 2.22. The molecule has 1 aliphatic rings. The lowest BCUT2D eigenvalue weighted by Crippen LogP contribution is -2.46. The molecule has 0 atom stereocenters. The fourth-order valence-corrected chi connectivity index (χ4v) is 3.55. The highest BCUT2D eigenvalue weighted by Gasteiger charge is 2.29. The van der Waals surface area contributed by atoms with E-state index in [1.54, 1.807) is 0 Å². The number of hydrogen-bond donors (Lipinski definition) is 1. The van der Waals surface area contributed by atoms with E-state index in [0.29, 0.717) is 11.4 Å². The van der Waals surface area contributed by atoms with Crippen LogP contribution in [0.3, 0.4) is 0 Å². The fraction of sp³-hybridized carbons (Fsp3) is 0.467. The van der Waals surface area contributed by atoms with Gasteiger partial charge in [-0.3, -0.25) is 4.79 Å². The van der Waals surface area contributed by atoms with Crippen molar-refractivity contribution in [2.45, 2.75) is 25.0 Å². The van der Waals surface area contributed by atoms with Crippen molar-refractivity contribution in [1.82, 2.24) is 4.90 Å². The predicted molar refractivity (Wildman–Crippen MR) is 89.2 cm³/mol. The molecule has 1 heterocycles. The van der Waals surface area contributed by atoms with E-state index >= 15 is 0 Å². The van der Waals surface area contributed by atoms with Gasteiger partial charge in [-0.05, 0) is 19.4 Å². The maximum absolute atomic E-state index is 12.3. The van der Waals surface area contributed by atoms with Crippen molar-refractivity contribution in [3.63, 3.8) is 0 Å². The summed E-state index contributed by atoms with van der Waals surface area (Å²) in [6.07, 6.45) is 0.443. The zero-order valence-corrected chi connectivity index (χ0v) is 13.5. The Morgan fingerprint density at radius 3 is 2.60 bits per heavy atom. The van der Waals surface area contributed by atoms with Crippen molar-refractivity contribution in [3.8, 4) is 0 Å². The van der Waals surface area contributed by atoms with Gasteiger partial charge < -0.3 is 10.6 Å². The second-order valence-electron chi connectivity index (χ2n) is 5.66. The number of thioether (sulfide) groups is 1. The number of benzene rings is 1. The number of nitrogens with two attached hydrogens (primary N) is 1. The normalized spacial score (nSPS) is 17.8. The summed E-state index contributed by atoms with van der Waals surface area (Å²) >= 11 is 6.85. The third-order valence-corrected chi connectivity index (χ3v) is 4.91. The fourth-order valence-electron chi connectivity index (χ4n) is 2.30. The number of carbonyl (C=O) groups excluding carboxylic acids is 1. The van der Waals surface area contributed by atoms with E-state index in [0.717, 1.165) is 30.0 Å². The minimum Gasteiger partial charge on any atom is -0.389 e. The van der Waals surface area contributed by atoms with Gasteiger partial charge >= 0.3 is 0 Å². The van der Waals surface area contributed by atoms with E-state index in [4.69, 9.17) is 18.0 Å². The Balaban J connectivity index is 1.99. The molecule has 1 amide bonds. The number of thiocarbonyl (C=S) groups is 1. The van der Waals surface area contributed by atoms with Gasteiger partial charge in [0.1, 0.15) is 4.99 Å². The smallest absolute Gasteiger partial charge is 0.227 e. The summed E-state index contributed by atoms with van der Waals surface area (Å²) in [5, 5.41) is 0. The van der Waals surface area contributed by atoms with Crippen molar-refractivity contribution in [2.24, 2.45) is 5.73 Å². The molecule has 0 unspecified atom stereocenters. The van der Waals surface area contributed by atoms with Crippen molar-refractivity contribution >= 4 is 34.9 Å². The van der Waals surface area contributed by atoms with E-state index in [-0.39, 0.29) is 10.7 Å². The van der Waals surface area contributed by atoms with Gasteiger partial charge in [0.05, 0.1) is 6.42 Å². The molecule has 0 aromatic heterocycles. The number of rotatable bonds is 3. The lowest BCUT2D eigenvalue weighted by atomic mass is 10.1. The zero-order chi connectivity index (χ0) is 14.8. The maximum atomic E-state index is 12.3. The molecule has 2 N–H and O–H groups in total. The monoisotopic (exact) mass is 308 g/mol. The van der Waals surface area contributed by atoms with Crippen LogP contribution in [0.15, 0.2) is 24.3 Å². The van der Waals surface area contributed by atoms with Crippen LogP contribution in [-0.2, 0) is 11.2 Å². The summed E-state index contributed by atoms with van der Waals surface area (Å²) < 4.78 is 0.156. The second kappa shape index (κ2) is 6.14. The quantitative estimate of drug-likeness (QED) is 0.870. The van der Waals surface area contributed by atoms with Crippen LogP contribution in [0.1, 0.15) is 25.0 Å². The summed E-state index contributed by atoms with van der Waals surface area (Å²) in [6, 6.07) is 7.61. The number of nitrogens with zero attached hydrogens (tertiary/aromatic N) is 1. The van der Waals surface area contributed by atoms with Gasteiger partial charge in [0, 0.05) is 29.2 Å². The van der Waals surface area contributed by atoms with Crippen LogP contribution in [-0.4, -0.2) is 39.4 Å². The minimum absolute atomic E-state index is 0.156. The molecule has 20 heavy (non-hydrogen) atoms. The first-order chi connectivity index (χ1) is 9.37. The molecule has 0 aliphatic carbocycles. The maximum Gasteiger partial charge on any atom is 0.227 e. The molecule has 2 rings (SSSR count). The second-order valence-corrected chi connectivity index (χ2v) is 7.90. The third-order valence-electron chi connectivity index (χ3n) is 3.37. The lowest BCUT2D eigenvalue weighted by Gasteiger charge is -2.37. The van der Waals surface area contributed by atoms with Crippen LogP contribution >= 0.6 is 24.0 Å². The van der Waals surface area contributed by atoms with Crippen LogP contribution in [0, 0.1) is 0 Å². The Labute approximate surface area is 129 Å². The molecule has 0 radical (unpaired) electrons. The van der Waals surface area contributed by atoms with Crippen LogP contribution in [0.25, 0.3) is 0 Å². The SMILES string of the molecule is CC1(C)CN(C(=O)Cc2ccc(C(N)=S)cc2)CCS1. The van der Waals surface area contributed by atoms with E-state index in [1.807, 2.05) is 40.9 Å². The number of amides is 1. The minimum atomic E-state index is 0.156. The molecule has 1 fully saturated rings. The van der Waals surface area contributed by atoms with Gasteiger partial charge in [0.15, 0.2) is 0 Å². The Kier molecular flexibility index (Phi) is 4.70. The molecule has 0 spiro atoms. The largest absolute Gasteiger partial charge is 0.389 e.